The Morgan fingerprint density at radius 2 is 2.15 bits per heavy atom. The van der Waals surface area contributed by atoms with Crippen molar-refractivity contribution in [3.63, 3.8) is 0 Å². The van der Waals surface area contributed by atoms with Crippen LogP contribution in [0.3, 0.4) is 0 Å². The van der Waals surface area contributed by atoms with E-state index in [4.69, 9.17) is 5.11 Å². The number of fused-ring (bicyclic) bond motifs is 1. The molecule has 0 fully saturated rings. The van der Waals surface area contributed by atoms with Crippen molar-refractivity contribution in [3.05, 3.63) is 58.1 Å². The average Bonchev–Trinajstić information content (AvgIpc) is 2.75. The number of H-pyrrole nitrogens is 1. The fraction of sp³-hybridized carbons (Fsp3) is 0.0714. The lowest BCUT2D eigenvalue weighted by molar-refractivity contribution is 0.0697. The Morgan fingerprint density at radius 3 is 2.90 bits per heavy atom. The van der Waals surface area contributed by atoms with Gasteiger partial charge in [0, 0.05) is 6.20 Å². The number of carbonyl (C=O) groups is 1. The Bertz CT molecular complexity index is 877. The fourth-order valence-corrected chi connectivity index (χ4v) is 2.15. The van der Waals surface area contributed by atoms with Gasteiger partial charge in [-0.2, -0.15) is 0 Å². The highest BCUT2D eigenvalue weighted by atomic mass is 16.4. The fourth-order valence-electron chi connectivity index (χ4n) is 2.15. The Labute approximate surface area is 113 Å². The second kappa shape index (κ2) is 4.34. The lowest BCUT2D eigenvalue weighted by Crippen LogP contribution is -2.16. The van der Waals surface area contributed by atoms with Gasteiger partial charge in [-0.3, -0.25) is 0 Å². The molecule has 0 atom stereocenters. The van der Waals surface area contributed by atoms with Gasteiger partial charge in [0.05, 0.1) is 16.8 Å². The van der Waals surface area contributed by atoms with Gasteiger partial charge in [0.1, 0.15) is 0 Å². The number of nitrogens with zero attached hydrogens (tertiary/aromatic N) is 2. The number of aryl methyl sites for hydroxylation is 1. The minimum absolute atomic E-state index is 0.128. The van der Waals surface area contributed by atoms with E-state index in [9.17, 15) is 9.59 Å². The number of benzene rings is 1. The number of aromatic carboxylic acids is 1. The zero-order valence-electron chi connectivity index (χ0n) is 10.6. The van der Waals surface area contributed by atoms with Gasteiger partial charge in [-0.15, -0.1) is 0 Å². The van der Waals surface area contributed by atoms with Gasteiger partial charge in [-0.25, -0.2) is 19.1 Å². The molecule has 0 bridgehead atoms. The van der Waals surface area contributed by atoms with Crippen molar-refractivity contribution in [1.29, 1.82) is 0 Å². The second-order valence-corrected chi connectivity index (χ2v) is 4.45. The van der Waals surface area contributed by atoms with Crippen LogP contribution in [0.5, 0.6) is 0 Å². The molecule has 2 heterocycles. The van der Waals surface area contributed by atoms with E-state index in [0.717, 1.165) is 5.56 Å². The zero-order valence-corrected chi connectivity index (χ0v) is 10.6. The van der Waals surface area contributed by atoms with E-state index in [-0.39, 0.29) is 11.3 Å². The molecule has 0 amide bonds. The van der Waals surface area contributed by atoms with Crippen molar-refractivity contribution in [1.82, 2.24) is 14.5 Å². The zero-order chi connectivity index (χ0) is 14.3. The molecule has 3 aromatic rings. The SMILES string of the molecule is Cc1ccc(C(=O)O)cc1-n1c(=O)[nH]c2cccnc21. The molecule has 0 radical (unpaired) electrons. The second-order valence-electron chi connectivity index (χ2n) is 4.45. The number of nitrogens with one attached hydrogen (secondary N) is 1. The molecule has 0 saturated carbocycles. The summed E-state index contributed by atoms with van der Waals surface area (Å²) < 4.78 is 1.39. The molecule has 0 aliphatic rings. The Balaban J connectivity index is 2.36. The highest BCUT2D eigenvalue weighted by Gasteiger charge is 2.13. The summed E-state index contributed by atoms with van der Waals surface area (Å²) in [5, 5.41) is 9.07. The molecule has 6 heteroatoms. The lowest BCUT2D eigenvalue weighted by atomic mass is 10.1. The lowest BCUT2D eigenvalue weighted by Gasteiger charge is -2.07. The minimum Gasteiger partial charge on any atom is -0.478 e. The molecule has 0 aliphatic carbocycles. The van der Waals surface area contributed by atoms with Gasteiger partial charge in [0.25, 0.3) is 0 Å². The summed E-state index contributed by atoms with van der Waals surface area (Å²) in [4.78, 5) is 30.0. The Kier molecular flexibility index (Phi) is 2.64. The number of rotatable bonds is 2. The van der Waals surface area contributed by atoms with E-state index in [1.54, 1.807) is 24.4 Å². The number of carboxylic acid groups (broad SMARTS) is 1. The minimum atomic E-state index is -1.04. The van der Waals surface area contributed by atoms with E-state index in [1.165, 1.54) is 16.7 Å². The number of aromatic amines is 1. The van der Waals surface area contributed by atoms with Crippen LogP contribution >= 0.6 is 0 Å². The summed E-state index contributed by atoms with van der Waals surface area (Å²) >= 11 is 0. The maximum absolute atomic E-state index is 12.1. The van der Waals surface area contributed by atoms with E-state index < -0.39 is 5.97 Å². The van der Waals surface area contributed by atoms with Gasteiger partial charge in [-0.05, 0) is 36.8 Å². The summed E-state index contributed by atoms with van der Waals surface area (Å²) in [5.74, 6) is -1.04. The summed E-state index contributed by atoms with van der Waals surface area (Å²) in [7, 11) is 0. The van der Waals surface area contributed by atoms with Crippen LogP contribution < -0.4 is 5.69 Å². The number of aromatic nitrogens is 3. The predicted molar refractivity (Wildman–Crippen MR) is 73.4 cm³/mol. The number of carboxylic acids is 1. The van der Waals surface area contributed by atoms with Crippen LogP contribution in [-0.4, -0.2) is 25.6 Å². The first-order valence-electron chi connectivity index (χ1n) is 5.98. The summed E-state index contributed by atoms with van der Waals surface area (Å²) in [6, 6.07) is 8.13. The molecule has 1 aromatic carbocycles. The maximum atomic E-state index is 12.1. The van der Waals surface area contributed by atoms with E-state index in [1.807, 2.05) is 6.92 Å². The van der Waals surface area contributed by atoms with Crippen LogP contribution in [-0.2, 0) is 0 Å². The molecule has 0 unspecified atom stereocenters. The summed E-state index contributed by atoms with van der Waals surface area (Å²) in [6.45, 7) is 1.81. The Hall–Kier alpha value is -2.89. The summed E-state index contributed by atoms with van der Waals surface area (Å²) in [5.41, 5.74) is 2.18. The van der Waals surface area contributed by atoms with Crippen LogP contribution in [0.1, 0.15) is 15.9 Å². The number of hydrogen-bond donors (Lipinski definition) is 2. The van der Waals surface area contributed by atoms with Crippen molar-refractivity contribution in [2.75, 3.05) is 0 Å². The molecule has 2 N–H and O–H groups in total. The molecule has 2 aromatic heterocycles. The number of pyridine rings is 1. The largest absolute Gasteiger partial charge is 0.478 e. The molecule has 0 spiro atoms. The number of hydrogen-bond acceptors (Lipinski definition) is 3. The van der Waals surface area contributed by atoms with Crippen molar-refractivity contribution in [2.24, 2.45) is 0 Å². The van der Waals surface area contributed by atoms with Crippen LogP contribution in [0.15, 0.2) is 41.3 Å². The third-order valence-electron chi connectivity index (χ3n) is 3.14. The predicted octanol–water partition coefficient (Wildman–Crippen LogP) is 1.72. The van der Waals surface area contributed by atoms with Gasteiger partial charge in [0.2, 0.25) is 0 Å². The molecule has 6 nitrogen and oxygen atoms in total. The quantitative estimate of drug-likeness (QED) is 0.741. The normalized spacial score (nSPS) is 10.8. The molecule has 0 saturated heterocycles. The van der Waals surface area contributed by atoms with Crippen molar-refractivity contribution in [2.45, 2.75) is 6.92 Å². The molecule has 20 heavy (non-hydrogen) atoms. The molecular weight excluding hydrogens is 258 g/mol. The van der Waals surface area contributed by atoms with E-state index >= 15 is 0 Å². The van der Waals surface area contributed by atoms with Crippen LogP contribution in [0.2, 0.25) is 0 Å². The van der Waals surface area contributed by atoms with Gasteiger partial charge in [0.15, 0.2) is 5.65 Å². The Morgan fingerprint density at radius 1 is 1.35 bits per heavy atom. The van der Waals surface area contributed by atoms with Crippen LogP contribution in [0, 0.1) is 6.92 Å². The monoisotopic (exact) mass is 269 g/mol. The third kappa shape index (κ3) is 1.78. The van der Waals surface area contributed by atoms with E-state index in [0.29, 0.717) is 16.9 Å². The van der Waals surface area contributed by atoms with E-state index in [2.05, 4.69) is 9.97 Å². The highest BCUT2D eigenvalue weighted by molar-refractivity contribution is 5.88. The van der Waals surface area contributed by atoms with Crippen LogP contribution in [0.4, 0.5) is 0 Å². The van der Waals surface area contributed by atoms with Gasteiger partial charge >= 0.3 is 11.7 Å². The summed E-state index contributed by atoms with van der Waals surface area (Å²) in [6.07, 6.45) is 1.59. The highest BCUT2D eigenvalue weighted by Crippen LogP contribution is 2.18. The number of imidazole rings is 1. The van der Waals surface area contributed by atoms with Crippen LogP contribution in [0.25, 0.3) is 16.9 Å². The maximum Gasteiger partial charge on any atom is 0.335 e. The van der Waals surface area contributed by atoms with Crippen molar-refractivity contribution in [3.8, 4) is 5.69 Å². The topological polar surface area (TPSA) is 88.0 Å². The standard InChI is InChI=1S/C14H11N3O3/c1-8-4-5-9(13(18)19)7-11(8)17-12-10(16-14(17)20)3-2-6-15-12/h2-7H,1H3,(H,16,20)(H,18,19). The first kappa shape index (κ1) is 12.2. The third-order valence-corrected chi connectivity index (χ3v) is 3.14. The van der Waals surface area contributed by atoms with Crippen molar-refractivity contribution >= 4 is 17.1 Å². The van der Waals surface area contributed by atoms with Gasteiger partial charge in [-0.1, -0.05) is 6.07 Å². The molecule has 0 aliphatic heterocycles. The first-order chi connectivity index (χ1) is 9.58. The molecule has 3 rings (SSSR count). The average molecular weight is 269 g/mol. The molecular formula is C14H11N3O3. The van der Waals surface area contributed by atoms with Gasteiger partial charge < -0.3 is 10.1 Å². The smallest absolute Gasteiger partial charge is 0.335 e. The van der Waals surface area contributed by atoms with Crippen molar-refractivity contribution < 1.29 is 9.90 Å². The molecule has 100 valence electrons. The first-order valence-corrected chi connectivity index (χ1v) is 5.98.